The number of nitrogens with zero attached hydrogens (tertiary/aromatic N) is 2. The van der Waals surface area contributed by atoms with Crippen molar-refractivity contribution >= 4 is 23.6 Å². The third-order valence-electron chi connectivity index (χ3n) is 4.36. The molecule has 6 nitrogen and oxygen atoms in total. The van der Waals surface area contributed by atoms with E-state index in [0.29, 0.717) is 25.4 Å². The van der Waals surface area contributed by atoms with E-state index in [9.17, 15) is 9.59 Å². The van der Waals surface area contributed by atoms with E-state index >= 15 is 0 Å². The van der Waals surface area contributed by atoms with Gasteiger partial charge in [0.25, 0.3) is 0 Å². The van der Waals surface area contributed by atoms with Crippen molar-refractivity contribution in [3.63, 3.8) is 0 Å². The molecular formula is C19H23N3O3S. The molecule has 0 bridgehead atoms. The average molecular weight is 373 g/mol. The number of amides is 1. The molecule has 7 heteroatoms. The number of esters is 1. The first kappa shape index (κ1) is 18.5. The van der Waals surface area contributed by atoms with Gasteiger partial charge in [0.2, 0.25) is 5.91 Å². The lowest BCUT2D eigenvalue weighted by molar-refractivity contribution is -0.151. The number of H-pyrrole nitrogens is 1. The van der Waals surface area contributed by atoms with E-state index in [1.807, 2.05) is 30.3 Å². The molecule has 3 rings (SSSR count). The highest BCUT2D eigenvalue weighted by molar-refractivity contribution is 7.99. The second-order valence-electron chi connectivity index (χ2n) is 6.19. The summed E-state index contributed by atoms with van der Waals surface area (Å²) in [5, 5.41) is 0.719. The molecule has 0 spiro atoms. The van der Waals surface area contributed by atoms with Gasteiger partial charge >= 0.3 is 5.97 Å². The topological polar surface area (TPSA) is 75.3 Å². The second kappa shape index (κ2) is 8.89. The zero-order valence-electron chi connectivity index (χ0n) is 14.8. The standard InChI is InChI=1S/C19H23N3O3S/c1-2-25-18(24)15-9-6-10-22(12-15)17(23)13-26-19-20-11-16(21-19)14-7-4-3-5-8-14/h3-5,7-8,11,15H,2,6,9-10,12-13H2,1H3,(H,20,21). The molecule has 1 N–H and O–H groups in total. The van der Waals surface area contributed by atoms with Gasteiger partial charge in [-0.05, 0) is 25.3 Å². The molecule has 0 saturated carbocycles. The number of rotatable bonds is 6. The summed E-state index contributed by atoms with van der Waals surface area (Å²) in [6.07, 6.45) is 3.40. The molecule has 1 aliphatic rings. The molecule has 2 aromatic rings. The Morgan fingerprint density at radius 2 is 2.15 bits per heavy atom. The molecule has 1 aromatic heterocycles. The van der Waals surface area contributed by atoms with Crippen molar-refractivity contribution in [1.82, 2.24) is 14.9 Å². The van der Waals surface area contributed by atoms with Crippen LogP contribution in [-0.4, -0.2) is 52.2 Å². The van der Waals surface area contributed by atoms with Crippen molar-refractivity contribution in [2.24, 2.45) is 5.92 Å². The van der Waals surface area contributed by atoms with Gasteiger partial charge in [0.05, 0.1) is 30.2 Å². The fourth-order valence-electron chi connectivity index (χ4n) is 3.02. The number of aromatic amines is 1. The van der Waals surface area contributed by atoms with Crippen LogP contribution in [0.5, 0.6) is 0 Å². The van der Waals surface area contributed by atoms with Gasteiger partial charge in [0.1, 0.15) is 0 Å². The first-order valence-electron chi connectivity index (χ1n) is 8.85. The Bertz CT molecular complexity index is 747. The van der Waals surface area contributed by atoms with Crippen molar-refractivity contribution in [2.75, 3.05) is 25.4 Å². The third kappa shape index (κ3) is 4.66. The number of likely N-dealkylation sites (tertiary alicyclic amines) is 1. The van der Waals surface area contributed by atoms with Crippen molar-refractivity contribution < 1.29 is 14.3 Å². The highest BCUT2D eigenvalue weighted by Crippen LogP contribution is 2.23. The molecule has 2 heterocycles. The second-order valence-corrected chi connectivity index (χ2v) is 7.15. The molecule has 1 fully saturated rings. The van der Waals surface area contributed by atoms with Gasteiger partial charge in [-0.15, -0.1) is 0 Å². The van der Waals surface area contributed by atoms with Gasteiger partial charge in [0.15, 0.2) is 5.16 Å². The van der Waals surface area contributed by atoms with E-state index in [-0.39, 0.29) is 17.8 Å². The van der Waals surface area contributed by atoms with E-state index in [4.69, 9.17) is 4.74 Å². The monoisotopic (exact) mass is 373 g/mol. The van der Waals surface area contributed by atoms with Crippen molar-refractivity contribution in [3.8, 4) is 11.3 Å². The van der Waals surface area contributed by atoms with E-state index in [2.05, 4.69) is 9.97 Å². The number of piperidine rings is 1. The lowest BCUT2D eigenvalue weighted by Gasteiger charge is -2.31. The molecule has 0 radical (unpaired) electrons. The van der Waals surface area contributed by atoms with Crippen LogP contribution in [0.25, 0.3) is 11.3 Å². The molecule has 138 valence electrons. The first-order chi connectivity index (χ1) is 12.7. The van der Waals surface area contributed by atoms with Crippen LogP contribution in [0.2, 0.25) is 0 Å². The SMILES string of the molecule is CCOC(=O)C1CCCN(C(=O)CSc2ncc(-c3ccccc3)[nH]2)C1. The summed E-state index contributed by atoms with van der Waals surface area (Å²) in [6, 6.07) is 9.94. The highest BCUT2D eigenvalue weighted by Gasteiger charge is 2.29. The number of hydrogen-bond acceptors (Lipinski definition) is 5. The van der Waals surface area contributed by atoms with E-state index in [1.165, 1.54) is 11.8 Å². The Hall–Kier alpha value is -2.28. The van der Waals surface area contributed by atoms with Crippen LogP contribution < -0.4 is 0 Å². The number of hydrogen-bond donors (Lipinski definition) is 1. The Labute approximate surface area is 157 Å². The van der Waals surface area contributed by atoms with Gasteiger partial charge in [-0.3, -0.25) is 9.59 Å². The lowest BCUT2D eigenvalue weighted by Crippen LogP contribution is -2.43. The smallest absolute Gasteiger partial charge is 0.310 e. The van der Waals surface area contributed by atoms with E-state index < -0.39 is 0 Å². The molecule has 1 aliphatic heterocycles. The van der Waals surface area contributed by atoms with Crippen LogP contribution in [0.3, 0.4) is 0 Å². The number of imidazole rings is 1. The number of carbonyl (C=O) groups excluding carboxylic acids is 2. The molecular weight excluding hydrogens is 350 g/mol. The maximum Gasteiger partial charge on any atom is 0.310 e. The van der Waals surface area contributed by atoms with Gasteiger partial charge in [-0.1, -0.05) is 42.1 Å². The number of ether oxygens (including phenoxy) is 1. The minimum atomic E-state index is -0.203. The summed E-state index contributed by atoms with van der Waals surface area (Å²) in [6.45, 7) is 3.32. The van der Waals surface area contributed by atoms with Gasteiger partial charge in [0, 0.05) is 13.1 Å². The highest BCUT2D eigenvalue weighted by atomic mass is 32.2. The summed E-state index contributed by atoms with van der Waals surface area (Å²) in [7, 11) is 0. The zero-order valence-corrected chi connectivity index (χ0v) is 15.6. The largest absolute Gasteiger partial charge is 0.466 e. The molecule has 1 aromatic carbocycles. The fraction of sp³-hybridized carbons (Fsp3) is 0.421. The predicted octanol–water partition coefficient (Wildman–Crippen LogP) is 2.97. The van der Waals surface area contributed by atoms with E-state index in [1.54, 1.807) is 18.0 Å². The van der Waals surface area contributed by atoms with Gasteiger partial charge in [-0.25, -0.2) is 4.98 Å². The number of benzene rings is 1. The first-order valence-corrected chi connectivity index (χ1v) is 9.83. The van der Waals surface area contributed by atoms with Crippen LogP contribution in [0, 0.1) is 5.92 Å². The van der Waals surface area contributed by atoms with Crippen molar-refractivity contribution in [1.29, 1.82) is 0 Å². The fourth-order valence-corrected chi connectivity index (χ4v) is 3.77. The van der Waals surface area contributed by atoms with Crippen LogP contribution in [0.15, 0.2) is 41.7 Å². The lowest BCUT2D eigenvalue weighted by atomic mass is 9.98. The van der Waals surface area contributed by atoms with Crippen molar-refractivity contribution in [2.45, 2.75) is 24.9 Å². The molecule has 1 unspecified atom stereocenters. The molecule has 1 saturated heterocycles. The normalized spacial score (nSPS) is 17.1. The van der Waals surface area contributed by atoms with Crippen LogP contribution in [0.1, 0.15) is 19.8 Å². The van der Waals surface area contributed by atoms with E-state index in [0.717, 1.165) is 29.3 Å². The summed E-state index contributed by atoms with van der Waals surface area (Å²) in [4.78, 5) is 33.7. The Kier molecular flexibility index (Phi) is 6.33. The quantitative estimate of drug-likeness (QED) is 0.622. The molecule has 0 aliphatic carbocycles. The number of carbonyl (C=O) groups is 2. The summed E-state index contributed by atoms with van der Waals surface area (Å²) < 4.78 is 5.09. The minimum Gasteiger partial charge on any atom is -0.466 e. The summed E-state index contributed by atoms with van der Waals surface area (Å²) >= 11 is 1.38. The average Bonchev–Trinajstić information content (AvgIpc) is 3.16. The molecule has 1 atom stereocenters. The maximum absolute atomic E-state index is 12.5. The van der Waals surface area contributed by atoms with Crippen LogP contribution in [0.4, 0.5) is 0 Å². The summed E-state index contributed by atoms with van der Waals surface area (Å²) in [5.74, 6) is -0.0686. The van der Waals surface area contributed by atoms with Crippen molar-refractivity contribution in [3.05, 3.63) is 36.5 Å². The van der Waals surface area contributed by atoms with Gasteiger partial charge < -0.3 is 14.6 Å². The Balaban J connectivity index is 1.52. The maximum atomic E-state index is 12.5. The predicted molar refractivity (Wildman–Crippen MR) is 101 cm³/mol. The van der Waals surface area contributed by atoms with Crippen LogP contribution >= 0.6 is 11.8 Å². The van der Waals surface area contributed by atoms with Gasteiger partial charge in [-0.2, -0.15) is 0 Å². The zero-order chi connectivity index (χ0) is 18.4. The number of nitrogens with one attached hydrogen (secondary N) is 1. The Morgan fingerprint density at radius 3 is 2.92 bits per heavy atom. The summed E-state index contributed by atoms with van der Waals surface area (Å²) in [5.41, 5.74) is 1.99. The number of aromatic nitrogens is 2. The molecule has 26 heavy (non-hydrogen) atoms. The molecule has 1 amide bonds. The minimum absolute atomic E-state index is 0.0293. The Morgan fingerprint density at radius 1 is 1.35 bits per heavy atom. The van der Waals surface area contributed by atoms with Crippen LogP contribution in [-0.2, 0) is 14.3 Å². The third-order valence-corrected chi connectivity index (χ3v) is 5.24. The number of thioether (sulfide) groups is 1.